The first-order valence-corrected chi connectivity index (χ1v) is 8.68. The molecule has 1 aliphatic rings. The molecule has 21 heavy (non-hydrogen) atoms. The third kappa shape index (κ3) is 2.90. The Balaban J connectivity index is 1.86. The van der Waals surface area contributed by atoms with Crippen LogP contribution in [0.4, 0.5) is 0 Å². The van der Waals surface area contributed by atoms with Crippen molar-refractivity contribution in [3.8, 4) is 0 Å². The smallest absolute Gasteiger partial charge is 0.153 e. The van der Waals surface area contributed by atoms with Gasteiger partial charge in [-0.15, -0.1) is 0 Å². The van der Waals surface area contributed by atoms with Crippen LogP contribution >= 0.6 is 0 Å². The molecule has 2 heterocycles. The van der Waals surface area contributed by atoms with Crippen LogP contribution in [0.2, 0.25) is 0 Å². The molecule has 0 spiro atoms. The highest BCUT2D eigenvalue weighted by molar-refractivity contribution is 7.91. The van der Waals surface area contributed by atoms with Gasteiger partial charge >= 0.3 is 0 Å². The van der Waals surface area contributed by atoms with Crippen LogP contribution in [0.15, 0.2) is 30.3 Å². The molecule has 1 N–H and O–H groups in total. The maximum atomic E-state index is 11.5. The second kappa shape index (κ2) is 5.11. The molecule has 6 heteroatoms. The van der Waals surface area contributed by atoms with E-state index < -0.39 is 9.84 Å². The Hall–Kier alpha value is -1.95. The Kier molecular flexibility index (Phi) is 3.41. The molecule has 1 fully saturated rings. The highest BCUT2D eigenvalue weighted by Crippen LogP contribution is 2.17. The highest BCUT2D eigenvalue weighted by atomic mass is 32.2. The lowest BCUT2D eigenvalue weighted by atomic mass is 10.1. The van der Waals surface area contributed by atoms with Gasteiger partial charge in [0.15, 0.2) is 9.84 Å². The number of benzene rings is 1. The zero-order valence-electron chi connectivity index (χ0n) is 11.8. The van der Waals surface area contributed by atoms with Crippen molar-refractivity contribution in [3.63, 3.8) is 0 Å². The van der Waals surface area contributed by atoms with Gasteiger partial charge in [0, 0.05) is 29.7 Å². The molecule has 1 saturated heterocycles. The summed E-state index contributed by atoms with van der Waals surface area (Å²) in [5.74, 6) is 0.639. The number of aromatic nitrogens is 1. The Morgan fingerprint density at radius 2 is 1.90 bits per heavy atom. The van der Waals surface area contributed by atoms with E-state index in [4.69, 9.17) is 5.41 Å². The third-order valence-electron chi connectivity index (χ3n) is 3.76. The van der Waals surface area contributed by atoms with Crippen molar-refractivity contribution in [2.24, 2.45) is 0 Å². The van der Waals surface area contributed by atoms with Gasteiger partial charge in [-0.25, -0.2) is 8.42 Å². The molecule has 1 aromatic heterocycles. The quantitative estimate of drug-likeness (QED) is 0.641. The number of nitrogens with one attached hydrogen (secondary N) is 1. The van der Waals surface area contributed by atoms with E-state index in [-0.39, 0.29) is 11.5 Å². The molecule has 3 rings (SSSR count). The van der Waals surface area contributed by atoms with Crippen LogP contribution in [-0.4, -0.2) is 48.7 Å². The van der Waals surface area contributed by atoms with Gasteiger partial charge in [0.25, 0.3) is 0 Å². The van der Waals surface area contributed by atoms with Crippen LogP contribution in [-0.2, 0) is 9.84 Å². The number of nitrogens with zero attached hydrogens (tertiary/aromatic N) is 2. The second-order valence-electron chi connectivity index (χ2n) is 5.35. The van der Waals surface area contributed by atoms with Gasteiger partial charge < -0.3 is 4.90 Å². The summed E-state index contributed by atoms with van der Waals surface area (Å²) in [6, 6.07) is 9.67. The van der Waals surface area contributed by atoms with Crippen molar-refractivity contribution in [2.45, 2.75) is 6.92 Å². The fraction of sp³-hybridized carbons (Fsp3) is 0.333. The average Bonchev–Trinajstić information content (AvgIpc) is 2.46. The lowest BCUT2D eigenvalue weighted by Crippen LogP contribution is -2.43. The minimum atomic E-state index is -2.92. The topological polar surface area (TPSA) is 74.1 Å². The number of fused-ring (bicyclic) bond motifs is 1. The van der Waals surface area contributed by atoms with E-state index in [2.05, 4.69) is 4.98 Å². The normalized spacial score (nSPS) is 17.9. The molecule has 0 saturated carbocycles. The van der Waals surface area contributed by atoms with E-state index in [0.29, 0.717) is 18.9 Å². The number of sulfone groups is 1. The molecular formula is C15H17N3O2S. The summed E-state index contributed by atoms with van der Waals surface area (Å²) in [6.07, 6.45) is 0. The van der Waals surface area contributed by atoms with Crippen molar-refractivity contribution in [3.05, 3.63) is 41.6 Å². The molecular weight excluding hydrogens is 286 g/mol. The average molecular weight is 303 g/mol. The standard InChI is InChI=1S/C15H17N3O2S/c1-11-2-3-12-10-13(4-5-14(12)17-11)15(16)18-6-8-21(19,20)9-7-18/h2-5,10,16H,6-9H2,1H3. The summed E-state index contributed by atoms with van der Waals surface area (Å²) in [7, 11) is -2.92. The number of amidine groups is 1. The Morgan fingerprint density at radius 3 is 2.62 bits per heavy atom. The molecule has 5 nitrogen and oxygen atoms in total. The number of hydrogen-bond donors (Lipinski definition) is 1. The molecule has 110 valence electrons. The molecule has 0 amide bonds. The first kappa shape index (κ1) is 14.0. The molecule has 0 bridgehead atoms. The molecule has 0 aliphatic carbocycles. The number of pyridine rings is 1. The Labute approximate surface area is 124 Å². The molecule has 1 aromatic carbocycles. The lowest BCUT2D eigenvalue weighted by molar-refractivity contribution is 0.441. The van der Waals surface area contributed by atoms with Gasteiger partial charge in [0.1, 0.15) is 5.84 Å². The fourth-order valence-electron chi connectivity index (χ4n) is 2.49. The van der Waals surface area contributed by atoms with E-state index in [9.17, 15) is 8.42 Å². The zero-order valence-corrected chi connectivity index (χ0v) is 12.7. The van der Waals surface area contributed by atoms with Gasteiger partial charge in [-0.2, -0.15) is 0 Å². The minimum absolute atomic E-state index is 0.129. The Bertz CT molecular complexity index is 801. The lowest BCUT2D eigenvalue weighted by Gasteiger charge is -2.29. The summed E-state index contributed by atoms with van der Waals surface area (Å²) >= 11 is 0. The number of rotatable bonds is 1. The van der Waals surface area contributed by atoms with E-state index in [1.54, 1.807) is 0 Å². The predicted octanol–water partition coefficient (Wildman–Crippen LogP) is 1.60. The third-order valence-corrected chi connectivity index (χ3v) is 5.37. The van der Waals surface area contributed by atoms with Crippen LogP contribution < -0.4 is 0 Å². The summed E-state index contributed by atoms with van der Waals surface area (Å²) in [5, 5.41) is 9.27. The predicted molar refractivity (Wildman–Crippen MR) is 83.5 cm³/mol. The van der Waals surface area contributed by atoms with Crippen molar-refractivity contribution < 1.29 is 8.42 Å². The van der Waals surface area contributed by atoms with Gasteiger partial charge in [-0.3, -0.25) is 10.4 Å². The maximum Gasteiger partial charge on any atom is 0.153 e. The number of hydrogen-bond acceptors (Lipinski definition) is 4. The fourth-order valence-corrected chi connectivity index (χ4v) is 3.69. The van der Waals surface area contributed by atoms with Crippen molar-refractivity contribution >= 4 is 26.6 Å². The monoisotopic (exact) mass is 303 g/mol. The minimum Gasteiger partial charge on any atom is -0.355 e. The van der Waals surface area contributed by atoms with E-state index in [1.807, 2.05) is 42.2 Å². The molecule has 0 atom stereocenters. The van der Waals surface area contributed by atoms with E-state index >= 15 is 0 Å². The molecule has 0 radical (unpaired) electrons. The van der Waals surface area contributed by atoms with Gasteiger partial charge in [0.05, 0.1) is 17.0 Å². The largest absolute Gasteiger partial charge is 0.355 e. The van der Waals surface area contributed by atoms with E-state index in [0.717, 1.165) is 22.2 Å². The summed E-state index contributed by atoms with van der Waals surface area (Å²) in [5.41, 5.74) is 2.67. The van der Waals surface area contributed by atoms with Crippen LogP contribution in [0.25, 0.3) is 10.9 Å². The summed E-state index contributed by atoms with van der Waals surface area (Å²) in [6.45, 7) is 2.74. The van der Waals surface area contributed by atoms with Crippen LogP contribution in [0, 0.1) is 12.3 Å². The summed E-state index contributed by atoms with van der Waals surface area (Å²) in [4.78, 5) is 6.27. The van der Waals surface area contributed by atoms with E-state index in [1.165, 1.54) is 0 Å². The Morgan fingerprint density at radius 1 is 1.19 bits per heavy atom. The molecule has 2 aromatic rings. The van der Waals surface area contributed by atoms with Gasteiger partial charge in [-0.1, -0.05) is 6.07 Å². The van der Waals surface area contributed by atoms with Crippen molar-refractivity contribution in [2.75, 3.05) is 24.6 Å². The molecule has 1 aliphatic heterocycles. The van der Waals surface area contributed by atoms with Crippen molar-refractivity contribution in [1.29, 1.82) is 5.41 Å². The van der Waals surface area contributed by atoms with Crippen molar-refractivity contribution in [1.82, 2.24) is 9.88 Å². The van der Waals surface area contributed by atoms with Crippen LogP contribution in [0.1, 0.15) is 11.3 Å². The highest BCUT2D eigenvalue weighted by Gasteiger charge is 2.23. The first-order valence-electron chi connectivity index (χ1n) is 6.86. The van der Waals surface area contributed by atoms with Crippen LogP contribution in [0.5, 0.6) is 0 Å². The number of aryl methyl sites for hydroxylation is 1. The summed E-state index contributed by atoms with van der Waals surface area (Å²) < 4.78 is 22.9. The zero-order chi connectivity index (χ0) is 15.0. The maximum absolute atomic E-state index is 11.5. The second-order valence-corrected chi connectivity index (χ2v) is 7.65. The van der Waals surface area contributed by atoms with Crippen LogP contribution in [0.3, 0.4) is 0 Å². The molecule has 0 unspecified atom stereocenters. The first-order chi connectivity index (χ1) is 9.94. The SMILES string of the molecule is Cc1ccc2cc(C(=N)N3CCS(=O)(=O)CC3)ccc2n1. The van der Waals surface area contributed by atoms with Gasteiger partial charge in [0.2, 0.25) is 0 Å². The van der Waals surface area contributed by atoms with Gasteiger partial charge in [-0.05, 0) is 31.2 Å².